The van der Waals surface area contributed by atoms with E-state index < -0.39 is 0 Å². The molecule has 0 aliphatic carbocycles. The maximum absolute atomic E-state index is 5.39. The topological polar surface area (TPSA) is 52.0 Å². The molecule has 2 nitrogen and oxygen atoms in total. The number of nitrogen functional groups attached to an aromatic ring is 2. The fraction of sp³-hybridized carbons (Fsp3) is 0.250. The Bertz CT molecular complexity index is 163. The first-order chi connectivity index (χ1) is 4.80. The first kappa shape index (κ1) is 8.82. The van der Waals surface area contributed by atoms with Gasteiger partial charge in [0, 0.05) is 0 Å². The lowest BCUT2D eigenvalue weighted by Crippen LogP contribution is -1.91. The van der Waals surface area contributed by atoms with Crippen LogP contribution in [0.3, 0.4) is 0 Å². The lowest BCUT2D eigenvalue weighted by atomic mass is 10.3. The van der Waals surface area contributed by atoms with Crippen molar-refractivity contribution in [2.75, 3.05) is 11.5 Å². The average Bonchev–Trinajstić information content (AvgIpc) is 2.00. The van der Waals surface area contributed by atoms with E-state index in [2.05, 4.69) is 0 Å². The molecule has 1 aromatic rings. The molecule has 0 bridgehead atoms. The van der Waals surface area contributed by atoms with Gasteiger partial charge in [0.15, 0.2) is 0 Å². The zero-order valence-corrected chi connectivity index (χ0v) is 6.46. The number of benzene rings is 1. The number of hydrogen-bond acceptors (Lipinski definition) is 2. The van der Waals surface area contributed by atoms with Gasteiger partial charge in [-0.15, -0.1) is 0 Å². The second-order valence-electron chi connectivity index (χ2n) is 1.63. The molecule has 0 aliphatic heterocycles. The van der Waals surface area contributed by atoms with Crippen molar-refractivity contribution in [1.82, 2.24) is 0 Å². The van der Waals surface area contributed by atoms with E-state index >= 15 is 0 Å². The van der Waals surface area contributed by atoms with Crippen LogP contribution in [0, 0.1) is 0 Å². The fourth-order valence-electron chi connectivity index (χ4n) is 0.511. The van der Waals surface area contributed by atoms with Crippen molar-refractivity contribution >= 4 is 11.4 Å². The van der Waals surface area contributed by atoms with Gasteiger partial charge in [0.1, 0.15) is 0 Å². The molecule has 0 saturated carbocycles. The molecule has 0 heterocycles. The Morgan fingerprint density at radius 2 is 1.20 bits per heavy atom. The number of hydrogen-bond donors (Lipinski definition) is 2. The molecule has 0 radical (unpaired) electrons. The molecule has 1 aromatic carbocycles. The normalized spacial score (nSPS) is 7.80. The van der Waals surface area contributed by atoms with Crippen molar-refractivity contribution in [1.29, 1.82) is 0 Å². The summed E-state index contributed by atoms with van der Waals surface area (Å²) < 4.78 is 0. The van der Waals surface area contributed by atoms with Gasteiger partial charge in [-0.25, -0.2) is 0 Å². The van der Waals surface area contributed by atoms with E-state index in [1.54, 1.807) is 12.1 Å². The number of para-hydroxylation sites is 2. The molecule has 0 amide bonds. The Morgan fingerprint density at radius 1 is 0.900 bits per heavy atom. The van der Waals surface area contributed by atoms with Crippen molar-refractivity contribution < 1.29 is 0 Å². The first-order valence-corrected chi connectivity index (χ1v) is 3.40. The third-order valence-corrected chi connectivity index (χ3v) is 0.996. The van der Waals surface area contributed by atoms with Gasteiger partial charge in [0.2, 0.25) is 0 Å². The highest BCUT2D eigenvalue weighted by molar-refractivity contribution is 5.62. The standard InChI is InChI=1S/C6H8N2.C2H6/c7-5-3-1-2-4-6(5)8;1-2/h1-4H,7-8H2;1-2H3. The summed E-state index contributed by atoms with van der Waals surface area (Å²) in [4.78, 5) is 0. The van der Waals surface area contributed by atoms with Gasteiger partial charge in [-0.1, -0.05) is 26.0 Å². The van der Waals surface area contributed by atoms with E-state index in [4.69, 9.17) is 11.5 Å². The van der Waals surface area contributed by atoms with Crippen molar-refractivity contribution in [2.24, 2.45) is 0 Å². The average molecular weight is 138 g/mol. The van der Waals surface area contributed by atoms with Gasteiger partial charge >= 0.3 is 0 Å². The smallest absolute Gasteiger partial charge is 0.0547 e. The summed E-state index contributed by atoms with van der Waals surface area (Å²) in [5.41, 5.74) is 12.1. The third-order valence-electron chi connectivity index (χ3n) is 0.996. The minimum Gasteiger partial charge on any atom is -0.397 e. The van der Waals surface area contributed by atoms with Crippen LogP contribution in [0.4, 0.5) is 11.4 Å². The van der Waals surface area contributed by atoms with Crippen LogP contribution < -0.4 is 11.5 Å². The molecule has 0 unspecified atom stereocenters. The zero-order valence-electron chi connectivity index (χ0n) is 6.46. The molecule has 0 aliphatic rings. The molecule has 0 spiro atoms. The minimum absolute atomic E-state index is 0.646. The Hall–Kier alpha value is -1.18. The second-order valence-corrected chi connectivity index (χ2v) is 1.63. The van der Waals surface area contributed by atoms with Crippen LogP contribution in [0.25, 0.3) is 0 Å². The molecule has 0 aromatic heterocycles. The molecule has 2 heteroatoms. The Balaban J connectivity index is 0.000000371. The van der Waals surface area contributed by atoms with Gasteiger partial charge in [-0.2, -0.15) is 0 Å². The van der Waals surface area contributed by atoms with Crippen molar-refractivity contribution in [3.05, 3.63) is 24.3 Å². The van der Waals surface area contributed by atoms with Crippen LogP contribution in [0.2, 0.25) is 0 Å². The van der Waals surface area contributed by atoms with E-state index in [1.165, 1.54) is 0 Å². The highest BCUT2D eigenvalue weighted by Gasteiger charge is 1.85. The van der Waals surface area contributed by atoms with Crippen LogP contribution >= 0.6 is 0 Å². The molecule has 0 fully saturated rings. The Labute approximate surface area is 61.8 Å². The number of rotatable bonds is 0. The third kappa shape index (κ3) is 2.40. The molecular weight excluding hydrogens is 124 g/mol. The summed E-state index contributed by atoms with van der Waals surface area (Å²) in [7, 11) is 0. The molecule has 4 N–H and O–H groups in total. The van der Waals surface area contributed by atoms with E-state index in [0.29, 0.717) is 11.4 Å². The van der Waals surface area contributed by atoms with Gasteiger partial charge < -0.3 is 11.5 Å². The van der Waals surface area contributed by atoms with Crippen molar-refractivity contribution in [3.63, 3.8) is 0 Å². The van der Waals surface area contributed by atoms with Crippen LogP contribution in [0.15, 0.2) is 24.3 Å². The van der Waals surface area contributed by atoms with Crippen molar-refractivity contribution in [2.45, 2.75) is 13.8 Å². The minimum atomic E-state index is 0.646. The maximum Gasteiger partial charge on any atom is 0.0547 e. The molecule has 10 heavy (non-hydrogen) atoms. The van der Waals surface area contributed by atoms with E-state index in [9.17, 15) is 0 Å². The summed E-state index contributed by atoms with van der Waals surface area (Å²) in [5, 5.41) is 0. The van der Waals surface area contributed by atoms with E-state index in [-0.39, 0.29) is 0 Å². The Morgan fingerprint density at radius 3 is 1.40 bits per heavy atom. The summed E-state index contributed by atoms with van der Waals surface area (Å²) in [5.74, 6) is 0. The highest BCUT2D eigenvalue weighted by atomic mass is 14.7. The summed E-state index contributed by atoms with van der Waals surface area (Å²) in [6.07, 6.45) is 0. The zero-order chi connectivity index (χ0) is 7.98. The molecular formula is C8H14N2. The van der Waals surface area contributed by atoms with Crippen molar-refractivity contribution in [3.8, 4) is 0 Å². The first-order valence-electron chi connectivity index (χ1n) is 3.40. The molecule has 56 valence electrons. The number of nitrogens with two attached hydrogens (primary N) is 2. The SMILES string of the molecule is CC.Nc1ccccc1N. The van der Waals surface area contributed by atoms with Crippen LogP contribution in [-0.2, 0) is 0 Å². The van der Waals surface area contributed by atoms with E-state index in [0.717, 1.165) is 0 Å². The quantitative estimate of drug-likeness (QED) is 0.538. The predicted molar refractivity (Wildman–Crippen MR) is 46.6 cm³/mol. The monoisotopic (exact) mass is 138 g/mol. The van der Waals surface area contributed by atoms with Gasteiger partial charge in [0.25, 0.3) is 0 Å². The van der Waals surface area contributed by atoms with Gasteiger partial charge in [-0.3, -0.25) is 0 Å². The highest BCUT2D eigenvalue weighted by Crippen LogP contribution is 2.10. The lowest BCUT2D eigenvalue weighted by Gasteiger charge is -1.94. The fourth-order valence-corrected chi connectivity index (χ4v) is 0.511. The summed E-state index contributed by atoms with van der Waals surface area (Å²) >= 11 is 0. The van der Waals surface area contributed by atoms with Gasteiger partial charge in [0.05, 0.1) is 11.4 Å². The van der Waals surface area contributed by atoms with Crippen LogP contribution in [0.1, 0.15) is 13.8 Å². The molecule has 1 rings (SSSR count). The predicted octanol–water partition coefficient (Wildman–Crippen LogP) is 1.88. The van der Waals surface area contributed by atoms with Crippen LogP contribution in [-0.4, -0.2) is 0 Å². The summed E-state index contributed by atoms with van der Waals surface area (Å²) in [6.45, 7) is 4.00. The second kappa shape index (κ2) is 4.68. The maximum atomic E-state index is 5.39. The van der Waals surface area contributed by atoms with E-state index in [1.807, 2.05) is 26.0 Å². The Kier molecular flexibility index (Phi) is 4.12. The van der Waals surface area contributed by atoms with Gasteiger partial charge in [-0.05, 0) is 12.1 Å². The molecule has 0 saturated heterocycles. The lowest BCUT2D eigenvalue weighted by molar-refractivity contribution is 1.50. The largest absolute Gasteiger partial charge is 0.397 e. The summed E-state index contributed by atoms with van der Waals surface area (Å²) in [6, 6.07) is 7.25. The molecule has 0 atom stereocenters. The number of anilines is 2. The van der Waals surface area contributed by atoms with Crippen LogP contribution in [0.5, 0.6) is 0 Å².